The number of hydrogen-bond donors (Lipinski definition) is 1. The minimum atomic E-state index is -4.89. The minimum Gasteiger partial charge on any atom is -0.355 e. The molecule has 0 aliphatic carbocycles. The molecule has 0 aromatic heterocycles. The number of anilines is 2. The van der Waals surface area contributed by atoms with E-state index >= 15 is 0 Å². The first kappa shape index (κ1) is 20.1. The van der Waals surface area contributed by atoms with Crippen molar-refractivity contribution in [1.29, 1.82) is 0 Å². The van der Waals surface area contributed by atoms with E-state index in [2.05, 4.69) is 5.32 Å². The molecular formula is C20H13F6NS. The fourth-order valence-corrected chi connectivity index (χ4v) is 3.38. The molecule has 0 unspecified atom stereocenters. The van der Waals surface area contributed by atoms with Crippen LogP contribution in [0.25, 0.3) is 0 Å². The fourth-order valence-electron chi connectivity index (χ4n) is 2.46. The van der Waals surface area contributed by atoms with Crippen LogP contribution in [0.15, 0.2) is 82.6 Å². The molecule has 3 aromatic carbocycles. The number of hydrogen-bond acceptors (Lipinski definition) is 2. The van der Waals surface area contributed by atoms with Gasteiger partial charge in [-0.05, 0) is 42.5 Å². The monoisotopic (exact) mass is 413 g/mol. The van der Waals surface area contributed by atoms with Gasteiger partial charge in [0.25, 0.3) is 0 Å². The Kier molecular flexibility index (Phi) is 5.60. The highest BCUT2D eigenvalue weighted by atomic mass is 32.2. The molecule has 1 N–H and O–H groups in total. The second-order valence-electron chi connectivity index (χ2n) is 5.83. The van der Waals surface area contributed by atoms with E-state index in [0.29, 0.717) is 22.7 Å². The van der Waals surface area contributed by atoms with Gasteiger partial charge in [0.2, 0.25) is 0 Å². The van der Waals surface area contributed by atoms with Gasteiger partial charge >= 0.3 is 12.4 Å². The maximum atomic E-state index is 13.0. The summed E-state index contributed by atoms with van der Waals surface area (Å²) in [4.78, 5) is 1.55. The van der Waals surface area contributed by atoms with Crippen molar-refractivity contribution in [2.45, 2.75) is 22.1 Å². The molecule has 8 heteroatoms. The second kappa shape index (κ2) is 7.79. The van der Waals surface area contributed by atoms with Gasteiger partial charge < -0.3 is 5.32 Å². The lowest BCUT2D eigenvalue weighted by atomic mass is 10.1. The van der Waals surface area contributed by atoms with Crippen molar-refractivity contribution < 1.29 is 26.3 Å². The number of nitrogens with one attached hydrogen (secondary N) is 1. The Bertz CT molecular complexity index is 919. The Morgan fingerprint density at radius 1 is 0.643 bits per heavy atom. The van der Waals surface area contributed by atoms with Gasteiger partial charge in [0.15, 0.2) is 0 Å². The summed E-state index contributed by atoms with van der Waals surface area (Å²) >= 11 is 1.35. The highest BCUT2D eigenvalue weighted by molar-refractivity contribution is 7.99. The van der Waals surface area contributed by atoms with Gasteiger partial charge in [-0.15, -0.1) is 0 Å². The molecule has 0 saturated carbocycles. The van der Waals surface area contributed by atoms with Crippen LogP contribution in [0.4, 0.5) is 37.7 Å². The molecule has 0 heterocycles. The fraction of sp³-hybridized carbons (Fsp3) is 0.100. The normalized spacial score (nSPS) is 12.1. The largest absolute Gasteiger partial charge is 0.416 e. The molecule has 0 saturated heterocycles. The van der Waals surface area contributed by atoms with Gasteiger partial charge in [0.05, 0.1) is 16.8 Å². The molecule has 0 fully saturated rings. The van der Waals surface area contributed by atoms with E-state index in [1.807, 2.05) is 30.3 Å². The second-order valence-corrected chi connectivity index (χ2v) is 6.95. The van der Waals surface area contributed by atoms with Crippen molar-refractivity contribution in [3.63, 3.8) is 0 Å². The van der Waals surface area contributed by atoms with Crippen LogP contribution >= 0.6 is 11.8 Å². The SMILES string of the molecule is FC(F)(F)c1cc(Nc2ccccc2Sc2ccccc2)cc(C(F)(F)F)c1. The van der Waals surface area contributed by atoms with E-state index in [9.17, 15) is 26.3 Å². The van der Waals surface area contributed by atoms with Gasteiger partial charge in [-0.25, -0.2) is 0 Å². The van der Waals surface area contributed by atoms with Gasteiger partial charge in [0, 0.05) is 15.5 Å². The average molecular weight is 413 g/mol. The van der Waals surface area contributed by atoms with E-state index in [-0.39, 0.29) is 11.8 Å². The average Bonchev–Trinajstić information content (AvgIpc) is 2.62. The van der Waals surface area contributed by atoms with Crippen LogP contribution < -0.4 is 5.32 Å². The van der Waals surface area contributed by atoms with Crippen molar-refractivity contribution in [2.75, 3.05) is 5.32 Å². The summed E-state index contributed by atoms with van der Waals surface area (Å²) in [5.74, 6) is 0. The van der Waals surface area contributed by atoms with Crippen LogP contribution in [-0.4, -0.2) is 0 Å². The van der Waals surface area contributed by atoms with Crippen molar-refractivity contribution in [3.05, 3.63) is 83.9 Å². The maximum absolute atomic E-state index is 13.0. The lowest BCUT2D eigenvalue weighted by molar-refractivity contribution is -0.143. The van der Waals surface area contributed by atoms with Crippen LogP contribution in [0.1, 0.15) is 11.1 Å². The summed E-state index contributed by atoms with van der Waals surface area (Å²) in [6.45, 7) is 0. The van der Waals surface area contributed by atoms with Gasteiger partial charge in [-0.1, -0.05) is 42.1 Å². The molecule has 0 atom stereocenters. The van der Waals surface area contributed by atoms with Crippen LogP contribution in [0.3, 0.4) is 0 Å². The topological polar surface area (TPSA) is 12.0 Å². The molecule has 146 valence electrons. The first-order chi connectivity index (χ1) is 13.1. The number of halogens is 6. The van der Waals surface area contributed by atoms with E-state index in [1.54, 1.807) is 24.3 Å². The van der Waals surface area contributed by atoms with Crippen LogP contribution in [0, 0.1) is 0 Å². The summed E-state index contributed by atoms with van der Waals surface area (Å²) in [6, 6.07) is 17.4. The number of para-hydroxylation sites is 1. The maximum Gasteiger partial charge on any atom is 0.416 e. The third kappa shape index (κ3) is 5.01. The lowest BCUT2D eigenvalue weighted by Gasteiger charge is -2.16. The molecule has 0 bridgehead atoms. The molecule has 0 spiro atoms. The lowest BCUT2D eigenvalue weighted by Crippen LogP contribution is -2.11. The van der Waals surface area contributed by atoms with Crippen molar-refractivity contribution >= 4 is 23.1 Å². The zero-order valence-corrected chi connectivity index (χ0v) is 14.9. The van der Waals surface area contributed by atoms with Crippen LogP contribution in [0.2, 0.25) is 0 Å². The number of benzene rings is 3. The van der Waals surface area contributed by atoms with E-state index in [0.717, 1.165) is 4.90 Å². The van der Waals surface area contributed by atoms with Gasteiger partial charge in [-0.3, -0.25) is 0 Å². The summed E-state index contributed by atoms with van der Waals surface area (Å²) < 4.78 is 78.3. The third-order valence-corrected chi connectivity index (χ3v) is 4.81. The summed E-state index contributed by atoms with van der Waals surface area (Å²) in [5, 5.41) is 2.70. The Hall–Kier alpha value is -2.61. The molecule has 28 heavy (non-hydrogen) atoms. The van der Waals surface area contributed by atoms with Crippen molar-refractivity contribution in [3.8, 4) is 0 Å². The number of rotatable bonds is 4. The Morgan fingerprint density at radius 2 is 1.18 bits per heavy atom. The van der Waals surface area contributed by atoms with Crippen LogP contribution in [-0.2, 0) is 12.4 Å². The molecule has 3 rings (SSSR count). The first-order valence-corrected chi connectivity index (χ1v) is 8.83. The summed E-state index contributed by atoms with van der Waals surface area (Å²) in [6.07, 6.45) is -9.79. The smallest absolute Gasteiger partial charge is 0.355 e. The number of alkyl halides is 6. The van der Waals surface area contributed by atoms with Gasteiger partial charge in [-0.2, -0.15) is 26.3 Å². The van der Waals surface area contributed by atoms with Gasteiger partial charge in [0.1, 0.15) is 0 Å². The van der Waals surface area contributed by atoms with Crippen molar-refractivity contribution in [2.24, 2.45) is 0 Å². The molecule has 0 aliphatic rings. The minimum absolute atomic E-state index is 0.107. The summed E-state index contributed by atoms with van der Waals surface area (Å²) in [7, 11) is 0. The molecule has 3 aromatic rings. The highest BCUT2D eigenvalue weighted by Gasteiger charge is 2.37. The Morgan fingerprint density at radius 3 is 1.75 bits per heavy atom. The third-order valence-electron chi connectivity index (χ3n) is 3.72. The molecule has 0 amide bonds. The van der Waals surface area contributed by atoms with Crippen molar-refractivity contribution in [1.82, 2.24) is 0 Å². The Balaban J connectivity index is 1.98. The molecule has 0 radical (unpaired) electrons. The predicted molar refractivity (Wildman–Crippen MR) is 96.7 cm³/mol. The molecular weight excluding hydrogens is 400 g/mol. The standard InChI is InChI=1S/C20H13F6NS/c21-19(22,23)13-10-14(20(24,25)26)12-15(11-13)27-17-8-4-5-9-18(17)28-16-6-2-1-3-7-16/h1-12,27H. The zero-order chi connectivity index (χ0) is 20.4. The van der Waals surface area contributed by atoms with Crippen LogP contribution in [0.5, 0.6) is 0 Å². The van der Waals surface area contributed by atoms with E-state index in [4.69, 9.17) is 0 Å². The van der Waals surface area contributed by atoms with E-state index < -0.39 is 23.5 Å². The molecule has 0 aliphatic heterocycles. The quantitative estimate of drug-likeness (QED) is 0.442. The molecule has 1 nitrogen and oxygen atoms in total. The predicted octanol–water partition coefficient (Wildman–Crippen LogP) is 7.62. The highest BCUT2D eigenvalue weighted by Crippen LogP contribution is 2.39. The van der Waals surface area contributed by atoms with E-state index in [1.165, 1.54) is 11.8 Å². The zero-order valence-electron chi connectivity index (χ0n) is 14.1. The Labute approximate surface area is 161 Å². The first-order valence-electron chi connectivity index (χ1n) is 8.01. The summed E-state index contributed by atoms with van der Waals surface area (Å²) in [5.41, 5.74) is -2.61.